The lowest BCUT2D eigenvalue weighted by Crippen LogP contribution is -2.06. The Morgan fingerprint density at radius 3 is 1.56 bits per heavy atom. The smallest absolute Gasteiger partial charge is 0.192 e. The molecule has 6 rings (SSSR count). The predicted octanol–water partition coefficient (Wildman–Crippen LogP) is 2.55. The van der Waals surface area contributed by atoms with E-state index in [-0.39, 0.29) is 11.1 Å². The van der Waals surface area contributed by atoms with Gasteiger partial charge in [-0.1, -0.05) is 24.3 Å². The number of fused-ring (bicyclic) bond motifs is 6. The lowest BCUT2D eigenvalue weighted by Gasteiger charge is -1.97. The third kappa shape index (κ3) is 2.46. The van der Waals surface area contributed by atoms with Crippen molar-refractivity contribution in [1.29, 1.82) is 10.5 Å². The zero-order chi connectivity index (χ0) is 21.8. The summed E-state index contributed by atoms with van der Waals surface area (Å²) < 4.78 is 4.28. The Kier molecular flexibility index (Phi) is 3.68. The molecular formula is C20H8ClN11. The number of nitriles is 2. The van der Waals surface area contributed by atoms with Gasteiger partial charge in [-0.3, -0.25) is 0 Å². The fourth-order valence-electron chi connectivity index (χ4n) is 3.48. The van der Waals surface area contributed by atoms with Crippen LogP contribution in [-0.4, -0.2) is 43.8 Å². The molecule has 0 N–H and O–H groups in total. The highest BCUT2D eigenvalue weighted by Crippen LogP contribution is 2.24. The highest BCUT2D eigenvalue weighted by atomic mass is 35.5. The Morgan fingerprint density at radius 1 is 0.625 bits per heavy atom. The van der Waals surface area contributed by atoms with Crippen LogP contribution < -0.4 is 0 Å². The first kappa shape index (κ1) is 17.9. The SMILES string of the molecule is N#Cc1ccccc1-c1nc2n(n1)c1nc(Cl)nn1c1nc(-c3ccccc3C#N)nn12. The summed E-state index contributed by atoms with van der Waals surface area (Å²) in [6.07, 6.45) is 0. The van der Waals surface area contributed by atoms with Gasteiger partial charge in [0.25, 0.3) is 17.3 Å². The summed E-state index contributed by atoms with van der Waals surface area (Å²) in [5.74, 6) is 1.49. The molecule has 11 nitrogen and oxygen atoms in total. The maximum atomic E-state index is 9.47. The monoisotopic (exact) mass is 437 g/mol. The standard InChI is InChI=1S/C20H8ClN11/c21-17-26-20-31-18(24-15(28-31)13-7-3-1-5-11(13)9-22)30-19(32(20)29-17)25-16(27-30)14-8-4-2-6-12(14)10-23/h1-8H. The minimum Gasteiger partial charge on any atom is -0.192 e. The fraction of sp³-hybridized carbons (Fsp3) is 0. The zero-order valence-corrected chi connectivity index (χ0v) is 16.7. The molecule has 0 fully saturated rings. The van der Waals surface area contributed by atoms with Crippen molar-refractivity contribution in [3.8, 4) is 34.9 Å². The van der Waals surface area contributed by atoms with Gasteiger partial charge in [-0.2, -0.15) is 39.0 Å². The molecular weight excluding hydrogens is 430 g/mol. The number of halogens is 1. The van der Waals surface area contributed by atoms with Gasteiger partial charge in [0.15, 0.2) is 11.6 Å². The maximum Gasteiger partial charge on any atom is 0.261 e. The molecule has 2 aromatic carbocycles. The van der Waals surface area contributed by atoms with E-state index in [1.807, 2.05) is 0 Å². The van der Waals surface area contributed by atoms with E-state index in [0.29, 0.717) is 45.5 Å². The predicted molar refractivity (Wildman–Crippen MR) is 111 cm³/mol. The summed E-state index contributed by atoms with van der Waals surface area (Å²) in [5.41, 5.74) is 1.98. The minimum atomic E-state index is -0.00384. The number of nitrogens with zero attached hydrogens (tertiary/aromatic N) is 11. The molecule has 150 valence electrons. The van der Waals surface area contributed by atoms with Gasteiger partial charge in [-0.05, 0) is 35.9 Å². The molecule has 0 spiro atoms. The highest BCUT2D eigenvalue weighted by Gasteiger charge is 2.22. The topological polar surface area (TPSA) is 138 Å². The molecule has 0 unspecified atom stereocenters. The summed E-state index contributed by atoms with van der Waals surface area (Å²) in [6, 6.07) is 18.3. The molecule has 6 aromatic rings. The lowest BCUT2D eigenvalue weighted by molar-refractivity contribution is 0.817. The first-order chi connectivity index (χ1) is 15.7. The van der Waals surface area contributed by atoms with Crippen molar-refractivity contribution in [1.82, 2.24) is 43.8 Å². The second-order valence-corrected chi connectivity index (χ2v) is 7.04. The van der Waals surface area contributed by atoms with Gasteiger partial charge in [0.05, 0.1) is 23.3 Å². The second-order valence-electron chi connectivity index (χ2n) is 6.70. The van der Waals surface area contributed by atoms with Gasteiger partial charge >= 0.3 is 0 Å². The molecule has 4 aromatic heterocycles. The summed E-state index contributed by atoms with van der Waals surface area (Å²) in [7, 11) is 0. The van der Waals surface area contributed by atoms with Gasteiger partial charge in [-0.15, -0.1) is 15.3 Å². The van der Waals surface area contributed by atoms with E-state index in [9.17, 15) is 10.5 Å². The van der Waals surface area contributed by atoms with Crippen molar-refractivity contribution in [2.24, 2.45) is 0 Å². The van der Waals surface area contributed by atoms with Gasteiger partial charge in [-0.25, -0.2) is 0 Å². The molecule has 32 heavy (non-hydrogen) atoms. The van der Waals surface area contributed by atoms with E-state index < -0.39 is 0 Å². The van der Waals surface area contributed by atoms with Crippen LogP contribution >= 0.6 is 11.6 Å². The molecule has 0 radical (unpaired) electrons. The Balaban J connectivity index is 1.72. The number of hydrogen-bond donors (Lipinski definition) is 0. The van der Waals surface area contributed by atoms with Crippen molar-refractivity contribution >= 4 is 28.9 Å². The van der Waals surface area contributed by atoms with Gasteiger partial charge < -0.3 is 0 Å². The van der Waals surface area contributed by atoms with Crippen LogP contribution in [0.3, 0.4) is 0 Å². The zero-order valence-electron chi connectivity index (χ0n) is 15.9. The van der Waals surface area contributed by atoms with Crippen LogP contribution in [0.5, 0.6) is 0 Å². The van der Waals surface area contributed by atoms with Crippen LogP contribution in [0, 0.1) is 22.7 Å². The average molecular weight is 438 g/mol. The van der Waals surface area contributed by atoms with Crippen LogP contribution in [-0.2, 0) is 0 Å². The van der Waals surface area contributed by atoms with Crippen molar-refractivity contribution in [3.63, 3.8) is 0 Å². The molecule has 0 amide bonds. The summed E-state index contributed by atoms with van der Waals surface area (Å²) in [5, 5.41) is 32.2. The van der Waals surface area contributed by atoms with E-state index in [4.69, 9.17) is 11.6 Å². The van der Waals surface area contributed by atoms with E-state index in [1.165, 1.54) is 13.5 Å². The summed E-state index contributed by atoms with van der Waals surface area (Å²) in [6.45, 7) is 0. The average Bonchev–Trinajstić information content (AvgIpc) is 3.54. The number of hydrogen-bond acceptors (Lipinski definition) is 8. The van der Waals surface area contributed by atoms with E-state index >= 15 is 0 Å². The summed E-state index contributed by atoms with van der Waals surface area (Å²) in [4.78, 5) is 13.4. The minimum absolute atomic E-state index is 0.00384. The fourth-order valence-corrected chi connectivity index (χ4v) is 3.63. The summed E-state index contributed by atoms with van der Waals surface area (Å²) >= 11 is 6.08. The Labute approximate surface area is 183 Å². The third-order valence-electron chi connectivity index (χ3n) is 4.89. The van der Waals surface area contributed by atoms with Gasteiger partial charge in [0.2, 0.25) is 5.28 Å². The van der Waals surface area contributed by atoms with E-state index in [2.05, 4.69) is 42.4 Å². The van der Waals surface area contributed by atoms with Gasteiger partial charge in [0.1, 0.15) is 0 Å². The molecule has 0 saturated heterocycles. The molecule has 0 aliphatic carbocycles. The first-order valence-corrected chi connectivity index (χ1v) is 9.62. The quantitative estimate of drug-likeness (QED) is 0.402. The molecule has 0 atom stereocenters. The van der Waals surface area contributed by atoms with Crippen molar-refractivity contribution in [2.45, 2.75) is 0 Å². The number of benzene rings is 2. The maximum absolute atomic E-state index is 9.47. The third-order valence-corrected chi connectivity index (χ3v) is 5.05. The molecule has 12 heteroatoms. The molecule has 0 bridgehead atoms. The Morgan fingerprint density at radius 2 is 1.06 bits per heavy atom. The van der Waals surface area contributed by atoms with Crippen LogP contribution in [0.25, 0.3) is 40.1 Å². The van der Waals surface area contributed by atoms with Crippen LogP contribution in [0.15, 0.2) is 48.5 Å². The Hall–Kier alpha value is -4.87. The lowest BCUT2D eigenvalue weighted by atomic mass is 10.1. The van der Waals surface area contributed by atoms with Crippen LogP contribution in [0.1, 0.15) is 11.1 Å². The van der Waals surface area contributed by atoms with Gasteiger partial charge in [0, 0.05) is 11.1 Å². The van der Waals surface area contributed by atoms with E-state index in [0.717, 1.165) is 0 Å². The van der Waals surface area contributed by atoms with Crippen LogP contribution in [0.2, 0.25) is 5.28 Å². The second kappa shape index (κ2) is 6.57. The first-order valence-electron chi connectivity index (χ1n) is 9.24. The molecule has 0 aliphatic rings. The van der Waals surface area contributed by atoms with Crippen LogP contribution in [0.4, 0.5) is 0 Å². The molecule has 0 aliphatic heterocycles. The van der Waals surface area contributed by atoms with Crippen molar-refractivity contribution in [2.75, 3.05) is 0 Å². The van der Waals surface area contributed by atoms with Crippen molar-refractivity contribution < 1.29 is 0 Å². The van der Waals surface area contributed by atoms with E-state index in [1.54, 1.807) is 48.5 Å². The number of aromatic nitrogens is 9. The number of rotatable bonds is 2. The van der Waals surface area contributed by atoms with Crippen molar-refractivity contribution in [3.05, 3.63) is 64.9 Å². The molecule has 0 saturated carbocycles. The Bertz CT molecular complexity index is 1650. The highest BCUT2D eigenvalue weighted by molar-refractivity contribution is 6.28. The molecule has 4 heterocycles. The normalized spacial score (nSPS) is 11.2. The largest absolute Gasteiger partial charge is 0.261 e.